The van der Waals surface area contributed by atoms with Gasteiger partial charge in [-0.1, -0.05) is 6.07 Å². The maximum Gasteiger partial charge on any atom is 0.454 e. The Morgan fingerprint density at radius 1 is 1.36 bits per heavy atom. The number of phenolic OH excluding ortho intramolecular Hbond substituents is 1. The molecule has 3 nitrogen and oxygen atoms in total. The van der Waals surface area contributed by atoms with Crippen LogP contribution >= 0.6 is 0 Å². The number of halogens is 3. The lowest BCUT2D eigenvalue weighted by atomic mass is 10.1. The number of carbonyl (C=O) groups is 1. The van der Waals surface area contributed by atoms with Gasteiger partial charge in [0, 0.05) is 0 Å². The molecule has 1 aromatic carbocycles. The number of Topliss-reactive ketones (excluding diaryl/α,β-unsaturated/α-hetero) is 1. The first-order valence-electron chi connectivity index (χ1n) is 3.53. The summed E-state index contributed by atoms with van der Waals surface area (Å²) >= 11 is 0. The van der Waals surface area contributed by atoms with Crippen LogP contribution in [0.2, 0.25) is 0 Å². The standard InChI is InChI=1S/C8H6F3NO2/c9-8(10,11)7(14)4-2-1-3-5(13)6(4)12/h1-3,13H,12H2. The van der Waals surface area contributed by atoms with Gasteiger partial charge in [0.2, 0.25) is 0 Å². The number of hydrogen-bond donors (Lipinski definition) is 2. The molecule has 0 fully saturated rings. The molecule has 0 bridgehead atoms. The first-order chi connectivity index (χ1) is 6.34. The molecule has 0 saturated heterocycles. The van der Waals surface area contributed by atoms with E-state index < -0.39 is 29.0 Å². The molecular weight excluding hydrogens is 199 g/mol. The molecule has 0 aliphatic carbocycles. The Hall–Kier alpha value is -1.72. The Balaban J connectivity index is 3.21. The van der Waals surface area contributed by atoms with Gasteiger partial charge in [0.05, 0.1) is 11.3 Å². The first kappa shape index (κ1) is 10.4. The van der Waals surface area contributed by atoms with E-state index in [-0.39, 0.29) is 0 Å². The molecular formula is C8H6F3NO2. The van der Waals surface area contributed by atoms with Crippen LogP contribution in [-0.2, 0) is 0 Å². The van der Waals surface area contributed by atoms with Gasteiger partial charge >= 0.3 is 6.18 Å². The highest BCUT2D eigenvalue weighted by Gasteiger charge is 2.40. The van der Waals surface area contributed by atoms with Crippen LogP contribution in [-0.4, -0.2) is 17.1 Å². The van der Waals surface area contributed by atoms with Crippen LogP contribution < -0.4 is 5.73 Å². The smallest absolute Gasteiger partial charge is 0.454 e. The van der Waals surface area contributed by atoms with Crippen LogP contribution in [0.3, 0.4) is 0 Å². The molecule has 0 aliphatic rings. The maximum absolute atomic E-state index is 12.0. The van der Waals surface area contributed by atoms with Crippen molar-refractivity contribution in [3.63, 3.8) is 0 Å². The van der Waals surface area contributed by atoms with Crippen LogP contribution in [0.5, 0.6) is 5.75 Å². The zero-order chi connectivity index (χ0) is 10.9. The number of aromatic hydroxyl groups is 1. The second-order valence-corrected chi connectivity index (χ2v) is 2.57. The van der Waals surface area contributed by atoms with E-state index in [1.807, 2.05) is 0 Å². The molecule has 0 amide bonds. The Morgan fingerprint density at radius 3 is 2.43 bits per heavy atom. The average Bonchev–Trinajstić information content (AvgIpc) is 2.07. The Bertz CT molecular complexity index is 373. The van der Waals surface area contributed by atoms with Crippen LogP contribution in [0.25, 0.3) is 0 Å². The molecule has 14 heavy (non-hydrogen) atoms. The van der Waals surface area contributed by atoms with Crippen molar-refractivity contribution in [3.05, 3.63) is 23.8 Å². The third-order valence-electron chi connectivity index (χ3n) is 1.59. The molecule has 0 atom stereocenters. The highest BCUT2D eigenvalue weighted by molar-refractivity contribution is 6.05. The maximum atomic E-state index is 12.0. The zero-order valence-electron chi connectivity index (χ0n) is 6.80. The third-order valence-corrected chi connectivity index (χ3v) is 1.59. The van der Waals surface area contributed by atoms with Crippen molar-refractivity contribution >= 4 is 11.5 Å². The number of nitrogens with two attached hydrogens (primary N) is 1. The predicted molar refractivity (Wildman–Crippen MR) is 42.9 cm³/mol. The van der Waals surface area contributed by atoms with Gasteiger partial charge in [-0.15, -0.1) is 0 Å². The number of benzene rings is 1. The third kappa shape index (κ3) is 1.78. The van der Waals surface area contributed by atoms with Gasteiger partial charge in [0.15, 0.2) is 0 Å². The van der Waals surface area contributed by atoms with Crippen molar-refractivity contribution in [2.24, 2.45) is 0 Å². The number of alkyl halides is 3. The van der Waals surface area contributed by atoms with E-state index in [2.05, 4.69) is 0 Å². The summed E-state index contributed by atoms with van der Waals surface area (Å²) in [6, 6.07) is 3.12. The summed E-state index contributed by atoms with van der Waals surface area (Å²) in [6.45, 7) is 0. The largest absolute Gasteiger partial charge is 0.506 e. The van der Waals surface area contributed by atoms with Gasteiger partial charge in [0.1, 0.15) is 5.75 Å². The predicted octanol–water partition coefficient (Wildman–Crippen LogP) is 1.72. The summed E-state index contributed by atoms with van der Waals surface area (Å²) in [5, 5.41) is 8.97. The van der Waals surface area contributed by atoms with Crippen LogP contribution in [0.15, 0.2) is 18.2 Å². The lowest BCUT2D eigenvalue weighted by Crippen LogP contribution is -2.23. The van der Waals surface area contributed by atoms with Crippen molar-refractivity contribution in [2.75, 3.05) is 5.73 Å². The van der Waals surface area contributed by atoms with Gasteiger partial charge in [-0.3, -0.25) is 4.79 Å². The van der Waals surface area contributed by atoms with Crippen molar-refractivity contribution in [1.82, 2.24) is 0 Å². The highest BCUT2D eigenvalue weighted by atomic mass is 19.4. The summed E-state index contributed by atoms with van der Waals surface area (Å²) < 4.78 is 35.9. The van der Waals surface area contributed by atoms with Gasteiger partial charge in [-0.2, -0.15) is 13.2 Å². The number of carbonyl (C=O) groups excluding carboxylic acids is 1. The van der Waals surface area contributed by atoms with E-state index in [0.717, 1.165) is 18.2 Å². The Kier molecular flexibility index (Phi) is 2.37. The van der Waals surface area contributed by atoms with Crippen LogP contribution in [0.4, 0.5) is 18.9 Å². The normalized spacial score (nSPS) is 11.4. The zero-order valence-corrected chi connectivity index (χ0v) is 6.80. The van der Waals surface area contributed by atoms with Crippen molar-refractivity contribution in [3.8, 4) is 5.75 Å². The van der Waals surface area contributed by atoms with E-state index >= 15 is 0 Å². The molecule has 3 N–H and O–H groups in total. The second-order valence-electron chi connectivity index (χ2n) is 2.57. The fourth-order valence-corrected chi connectivity index (χ4v) is 0.904. The molecule has 0 heterocycles. The molecule has 0 aromatic heterocycles. The minimum atomic E-state index is -4.98. The molecule has 1 rings (SSSR count). The molecule has 0 unspecified atom stereocenters. The molecule has 0 spiro atoms. The van der Waals surface area contributed by atoms with Gasteiger partial charge < -0.3 is 10.8 Å². The van der Waals surface area contributed by atoms with Crippen molar-refractivity contribution in [2.45, 2.75) is 6.18 Å². The van der Waals surface area contributed by atoms with E-state index in [4.69, 9.17) is 10.8 Å². The number of nitrogen functional groups attached to an aromatic ring is 1. The summed E-state index contributed by atoms with van der Waals surface area (Å²) in [7, 11) is 0. The fourth-order valence-electron chi connectivity index (χ4n) is 0.904. The quantitative estimate of drug-likeness (QED) is 0.416. The van der Waals surface area contributed by atoms with Gasteiger partial charge in [0.25, 0.3) is 5.78 Å². The first-order valence-corrected chi connectivity index (χ1v) is 3.53. The molecule has 0 aliphatic heterocycles. The van der Waals surface area contributed by atoms with Crippen molar-refractivity contribution in [1.29, 1.82) is 0 Å². The van der Waals surface area contributed by atoms with E-state index in [9.17, 15) is 18.0 Å². The van der Waals surface area contributed by atoms with E-state index in [1.54, 1.807) is 0 Å². The van der Waals surface area contributed by atoms with Crippen LogP contribution in [0, 0.1) is 0 Å². The van der Waals surface area contributed by atoms with Crippen LogP contribution in [0.1, 0.15) is 10.4 Å². The average molecular weight is 205 g/mol. The molecule has 6 heteroatoms. The number of phenols is 1. The fraction of sp³-hybridized carbons (Fsp3) is 0.125. The van der Waals surface area contributed by atoms with E-state index in [0.29, 0.717) is 0 Å². The Labute approximate surface area is 77.0 Å². The molecule has 0 radical (unpaired) electrons. The summed E-state index contributed by atoms with van der Waals surface area (Å²) in [5.41, 5.74) is 3.81. The summed E-state index contributed by atoms with van der Waals surface area (Å²) in [4.78, 5) is 10.7. The number of hydrogen-bond acceptors (Lipinski definition) is 3. The molecule has 76 valence electrons. The van der Waals surface area contributed by atoms with Gasteiger partial charge in [-0.25, -0.2) is 0 Å². The summed E-state index contributed by atoms with van der Waals surface area (Å²) in [5.74, 6) is -2.61. The highest BCUT2D eigenvalue weighted by Crippen LogP contribution is 2.29. The monoisotopic (exact) mass is 205 g/mol. The lowest BCUT2D eigenvalue weighted by molar-refractivity contribution is -0.0884. The number of para-hydroxylation sites is 1. The molecule has 0 saturated carbocycles. The topological polar surface area (TPSA) is 63.3 Å². The second kappa shape index (κ2) is 3.21. The Morgan fingerprint density at radius 2 is 1.93 bits per heavy atom. The molecule has 1 aromatic rings. The minimum absolute atomic E-state index is 0.542. The van der Waals surface area contributed by atoms with Crippen molar-refractivity contribution < 1.29 is 23.1 Å². The summed E-state index contributed by atoms with van der Waals surface area (Å²) in [6.07, 6.45) is -4.98. The minimum Gasteiger partial charge on any atom is -0.506 e. The van der Waals surface area contributed by atoms with E-state index in [1.165, 1.54) is 0 Å². The lowest BCUT2D eigenvalue weighted by Gasteiger charge is -2.08. The van der Waals surface area contributed by atoms with Gasteiger partial charge in [-0.05, 0) is 12.1 Å². The SMILES string of the molecule is Nc1c(O)cccc1C(=O)C(F)(F)F. The number of rotatable bonds is 1. The number of ketones is 1. The number of anilines is 1.